The van der Waals surface area contributed by atoms with Gasteiger partial charge in [0.05, 0.1) is 19.8 Å². The van der Waals surface area contributed by atoms with Crippen LogP contribution < -0.4 is 15.2 Å². The Morgan fingerprint density at radius 3 is 2.71 bits per heavy atom. The molecular weight excluding hydrogens is 218 g/mol. The first kappa shape index (κ1) is 12.0. The van der Waals surface area contributed by atoms with Crippen molar-refractivity contribution in [1.82, 2.24) is 0 Å². The first-order valence-electron chi connectivity index (χ1n) is 6.02. The molecule has 1 aromatic carbocycles. The van der Waals surface area contributed by atoms with Crippen LogP contribution >= 0.6 is 0 Å². The van der Waals surface area contributed by atoms with Crippen LogP contribution in [-0.2, 0) is 4.74 Å². The molecule has 0 radical (unpaired) electrons. The first-order chi connectivity index (χ1) is 8.28. The van der Waals surface area contributed by atoms with E-state index in [1.807, 2.05) is 19.1 Å². The van der Waals surface area contributed by atoms with Crippen LogP contribution in [0.4, 0.5) is 5.69 Å². The molecule has 1 aliphatic rings. The molecule has 1 atom stereocenters. The van der Waals surface area contributed by atoms with Crippen LogP contribution in [0.1, 0.15) is 13.3 Å². The zero-order valence-electron chi connectivity index (χ0n) is 10.1. The van der Waals surface area contributed by atoms with Gasteiger partial charge in [-0.15, -0.1) is 0 Å². The van der Waals surface area contributed by atoms with E-state index in [2.05, 4.69) is 0 Å². The Kier molecular flexibility index (Phi) is 4.09. The predicted octanol–water partition coefficient (Wildman–Crippen LogP) is 2.08. The van der Waals surface area contributed by atoms with Gasteiger partial charge in [-0.2, -0.15) is 0 Å². The van der Waals surface area contributed by atoms with Crippen LogP contribution in [0.5, 0.6) is 11.5 Å². The molecule has 4 nitrogen and oxygen atoms in total. The predicted molar refractivity (Wildman–Crippen MR) is 66.4 cm³/mol. The second-order valence-electron chi connectivity index (χ2n) is 4.21. The Morgan fingerprint density at radius 2 is 2.06 bits per heavy atom. The molecule has 0 amide bonds. The molecular formula is C13H19NO3. The van der Waals surface area contributed by atoms with Crippen molar-refractivity contribution in [3.8, 4) is 11.5 Å². The minimum absolute atomic E-state index is 0.493. The van der Waals surface area contributed by atoms with Gasteiger partial charge in [-0.1, -0.05) is 0 Å². The zero-order valence-corrected chi connectivity index (χ0v) is 10.1. The third-order valence-electron chi connectivity index (χ3n) is 2.72. The Balaban J connectivity index is 1.94. The SMILES string of the molecule is CCOc1cc(N)cc(OCC2CCOC2)c1. The summed E-state index contributed by atoms with van der Waals surface area (Å²) >= 11 is 0. The molecule has 0 bridgehead atoms. The summed E-state index contributed by atoms with van der Waals surface area (Å²) in [7, 11) is 0. The Morgan fingerprint density at radius 1 is 1.29 bits per heavy atom. The van der Waals surface area contributed by atoms with Crippen LogP contribution in [-0.4, -0.2) is 26.4 Å². The van der Waals surface area contributed by atoms with Crippen LogP contribution in [0.25, 0.3) is 0 Å². The number of nitrogen functional groups attached to an aromatic ring is 1. The average Bonchev–Trinajstić information content (AvgIpc) is 2.79. The van der Waals surface area contributed by atoms with Gasteiger partial charge in [0, 0.05) is 36.4 Å². The van der Waals surface area contributed by atoms with E-state index >= 15 is 0 Å². The molecule has 1 aliphatic heterocycles. The Hall–Kier alpha value is -1.42. The molecule has 1 saturated heterocycles. The number of hydrogen-bond acceptors (Lipinski definition) is 4. The molecule has 1 heterocycles. The minimum atomic E-state index is 0.493. The van der Waals surface area contributed by atoms with Crippen molar-refractivity contribution in [2.75, 3.05) is 32.2 Å². The Bertz CT molecular complexity index is 362. The molecule has 2 N–H and O–H groups in total. The smallest absolute Gasteiger partial charge is 0.125 e. The maximum absolute atomic E-state index is 5.79. The van der Waals surface area contributed by atoms with Gasteiger partial charge in [0.1, 0.15) is 11.5 Å². The highest BCUT2D eigenvalue weighted by atomic mass is 16.5. The number of rotatable bonds is 5. The summed E-state index contributed by atoms with van der Waals surface area (Å²) in [5.41, 5.74) is 6.45. The van der Waals surface area contributed by atoms with E-state index in [9.17, 15) is 0 Å². The molecule has 17 heavy (non-hydrogen) atoms. The lowest BCUT2D eigenvalue weighted by Gasteiger charge is -2.12. The van der Waals surface area contributed by atoms with Crippen molar-refractivity contribution in [3.05, 3.63) is 18.2 Å². The largest absolute Gasteiger partial charge is 0.494 e. The second kappa shape index (κ2) is 5.77. The maximum atomic E-state index is 5.79. The van der Waals surface area contributed by atoms with Gasteiger partial charge in [-0.3, -0.25) is 0 Å². The van der Waals surface area contributed by atoms with Crippen LogP contribution in [0.15, 0.2) is 18.2 Å². The summed E-state index contributed by atoms with van der Waals surface area (Å²) in [5, 5.41) is 0. The zero-order chi connectivity index (χ0) is 12.1. The fourth-order valence-corrected chi connectivity index (χ4v) is 1.86. The number of benzene rings is 1. The molecule has 1 aromatic rings. The topological polar surface area (TPSA) is 53.7 Å². The van der Waals surface area contributed by atoms with Crippen molar-refractivity contribution in [1.29, 1.82) is 0 Å². The van der Waals surface area contributed by atoms with Gasteiger partial charge in [0.2, 0.25) is 0 Å². The fourth-order valence-electron chi connectivity index (χ4n) is 1.86. The third-order valence-corrected chi connectivity index (χ3v) is 2.72. The van der Waals surface area contributed by atoms with E-state index < -0.39 is 0 Å². The van der Waals surface area contributed by atoms with Crippen LogP contribution in [0.3, 0.4) is 0 Å². The normalized spacial score (nSPS) is 19.2. The molecule has 0 aromatic heterocycles. The van der Waals surface area contributed by atoms with E-state index in [-0.39, 0.29) is 0 Å². The Labute approximate surface area is 102 Å². The molecule has 0 aliphatic carbocycles. The standard InChI is InChI=1S/C13H19NO3/c1-2-16-12-5-11(14)6-13(7-12)17-9-10-3-4-15-8-10/h5-7,10H,2-4,8-9,14H2,1H3. The van der Waals surface area contributed by atoms with Crippen LogP contribution in [0.2, 0.25) is 0 Å². The van der Waals surface area contributed by atoms with Gasteiger partial charge in [0.25, 0.3) is 0 Å². The second-order valence-corrected chi connectivity index (χ2v) is 4.21. The molecule has 94 valence electrons. The monoisotopic (exact) mass is 237 g/mol. The van der Waals surface area contributed by atoms with Crippen LogP contribution in [0, 0.1) is 5.92 Å². The summed E-state index contributed by atoms with van der Waals surface area (Å²) in [5.74, 6) is 2.01. The highest BCUT2D eigenvalue weighted by Gasteiger charge is 2.16. The molecule has 1 unspecified atom stereocenters. The fraction of sp³-hybridized carbons (Fsp3) is 0.538. The quantitative estimate of drug-likeness (QED) is 0.797. The summed E-state index contributed by atoms with van der Waals surface area (Å²) in [6.07, 6.45) is 1.07. The molecule has 0 saturated carbocycles. The summed E-state index contributed by atoms with van der Waals surface area (Å²) < 4.78 is 16.4. The number of ether oxygens (including phenoxy) is 3. The number of anilines is 1. The van der Waals surface area contributed by atoms with Gasteiger partial charge in [0.15, 0.2) is 0 Å². The number of nitrogens with two attached hydrogens (primary N) is 1. The van der Waals surface area contributed by atoms with Crippen molar-refractivity contribution in [2.24, 2.45) is 5.92 Å². The first-order valence-corrected chi connectivity index (χ1v) is 6.02. The lowest BCUT2D eigenvalue weighted by Crippen LogP contribution is -2.11. The lowest BCUT2D eigenvalue weighted by atomic mass is 10.1. The molecule has 2 rings (SSSR count). The van der Waals surface area contributed by atoms with Crippen molar-refractivity contribution < 1.29 is 14.2 Å². The third kappa shape index (κ3) is 3.53. The van der Waals surface area contributed by atoms with E-state index in [1.165, 1.54) is 0 Å². The van der Waals surface area contributed by atoms with E-state index in [0.717, 1.165) is 31.1 Å². The van der Waals surface area contributed by atoms with Crippen molar-refractivity contribution >= 4 is 5.69 Å². The number of hydrogen-bond donors (Lipinski definition) is 1. The average molecular weight is 237 g/mol. The van der Waals surface area contributed by atoms with Gasteiger partial charge in [-0.25, -0.2) is 0 Å². The van der Waals surface area contributed by atoms with E-state index in [1.54, 1.807) is 6.07 Å². The minimum Gasteiger partial charge on any atom is -0.494 e. The highest BCUT2D eigenvalue weighted by molar-refractivity contribution is 5.50. The summed E-state index contributed by atoms with van der Waals surface area (Å²) in [4.78, 5) is 0. The van der Waals surface area contributed by atoms with Crippen molar-refractivity contribution in [2.45, 2.75) is 13.3 Å². The molecule has 4 heteroatoms. The lowest BCUT2D eigenvalue weighted by molar-refractivity contribution is 0.167. The highest BCUT2D eigenvalue weighted by Crippen LogP contribution is 2.25. The van der Waals surface area contributed by atoms with Gasteiger partial charge < -0.3 is 19.9 Å². The van der Waals surface area contributed by atoms with E-state index in [4.69, 9.17) is 19.9 Å². The maximum Gasteiger partial charge on any atom is 0.125 e. The molecule has 0 spiro atoms. The van der Waals surface area contributed by atoms with Gasteiger partial charge >= 0.3 is 0 Å². The van der Waals surface area contributed by atoms with Crippen molar-refractivity contribution in [3.63, 3.8) is 0 Å². The summed E-state index contributed by atoms with van der Waals surface area (Å²) in [6.45, 7) is 4.88. The van der Waals surface area contributed by atoms with Gasteiger partial charge in [-0.05, 0) is 13.3 Å². The summed E-state index contributed by atoms with van der Waals surface area (Å²) in [6, 6.07) is 5.49. The molecule has 1 fully saturated rings. The van der Waals surface area contributed by atoms with E-state index in [0.29, 0.717) is 24.8 Å².